The van der Waals surface area contributed by atoms with E-state index in [9.17, 15) is 23.6 Å². The summed E-state index contributed by atoms with van der Waals surface area (Å²) in [6, 6.07) is 1.40. The second-order valence-electron chi connectivity index (χ2n) is 9.09. The number of nitrogens with zero attached hydrogens (tertiary/aromatic N) is 1. The van der Waals surface area contributed by atoms with Crippen LogP contribution in [-0.4, -0.2) is 53.2 Å². The van der Waals surface area contributed by atoms with Crippen LogP contribution in [0.15, 0.2) is 12.1 Å². The Balaban J connectivity index is 1.37. The highest BCUT2D eigenvalue weighted by Gasteiger charge is 2.46. The quantitative estimate of drug-likeness (QED) is 0.629. The minimum Gasteiger partial charge on any atom is -0.382 e. The lowest BCUT2D eigenvalue weighted by molar-refractivity contribution is -0.136. The molecule has 1 spiro atoms. The molecular formula is C22H25FN4O4. The van der Waals surface area contributed by atoms with Crippen molar-refractivity contribution in [2.75, 3.05) is 18.4 Å². The highest BCUT2D eigenvalue weighted by Crippen LogP contribution is 2.41. The zero-order valence-corrected chi connectivity index (χ0v) is 17.1. The van der Waals surface area contributed by atoms with Gasteiger partial charge in [-0.2, -0.15) is 0 Å². The smallest absolute Gasteiger partial charge is 0.264 e. The summed E-state index contributed by atoms with van der Waals surface area (Å²) >= 11 is 0. The minimum atomic E-state index is -1.07. The maximum atomic E-state index is 14.7. The third-order valence-electron chi connectivity index (χ3n) is 7.17. The summed E-state index contributed by atoms with van der Waals surface area (Å²) in [5.74, 6) is -2.70. The molecule has 3 fully saturated rings. The lowest BCUT2D eigenvalue weighted by Crippen LogP contribution is -2.56. The molecule has 0 aromatic heterocycles. The first-order valence-electron chi connectivity index (χ1n) is 10.9. The molecule has 2 unspecified atom stereocenters. The van der Waals surface area contributed by atoms with Crippen LogP contribution < -0.4 is 16.0 Å². The van der Waals surface area contributed by atoms with Crippen LogP contribution in [0.3, 0.4) is 0 Å². The second kappa shape index (κ2) is 7.40. The highest BCUT2D eigenvalue weighted by molar-refractivity contribution is 6.25. The molecule has 0 radical (unpaired) electrons. The Morgan fingerprint density at radius 2 is 1.94 bits per heavy atom. The Morgan fingerprint density at radius 3 is 2.65 bits per heavy atom. The average molecular weight is 428 g/mol. The van der Waals surface area contributed by atoms with Crippen molar-refractivity contribution in [1.82, 2.24) is 15.5 Å². The van der Waals surface area contributed by atoms with Crippen molar-refractivity contribution in [3.05, 3.63) is 29.1 Å². The summed E-state index contributed by atoms with van der Waals surface area (Å²) in [7, 11) is 0. The average Bonchev–Trinajstić information content (AvgIpc) is 2.97. The summed E-state index contributed by atoms with van der Waals surface area (Å²) in [5.41, 5.74) is 0.282. The Morgan fingerprint density at radius 1 is 1.13 bits per heavy atom. The Hall–Kier alpha value is -2.81. The fourth-order valence-corrected chi connectivity index (χ4v) is 5.38. The molecular weight excluding hydrogens is 403 g/mol. The first-order chi connectivity index (χ1) is 14.9. The summed E-state index contributed by atoms with van der Waals surface area (Å²) < 4.78 is 14.7. The lowest BCUT2D eigenvalue weighted by Gasteiger charge is -2.48. The van der Waals surface area contributed by atoms with Gasteiger partial charge in [0.2, 0.25) is 11.8 Å². The molecule has 8 nitrogen and oxygen atoms in total. The van der Waals surface area contributed by atoms with Crippen molar-refractivity contribution in [2.45, 2.75) is 56.5 Å². The van der Waals surface area contributed by atoms with Crippen molar-refractivity contribution in [3.63, 3.8) is 0 Å². The van der Waals surface area contributed by atoms with E-state index in [1.54, 1.807) is 0 Å². The molecule has 2 saturated heterocycles. The maximum Gasteiger partial charge on any atom is 0.264 e. The summed E-state index contributed by atoms with van der Waals surface area (Å²) in [4.78, 5) is 50.6. The van der Waals surface area contributed by atoms with Crippen LogP contribution in [0, 0.1) is 11.7 Å². The zero-order valence-electron chi connectivity index (χ0n) is 17.1. The van der Waals surface area contributed by atoms with Crippen LogP contribution in [0.4, 0.5) is 10.1 Å². The van der Waals surface area contributed by atoms with E-state index < -0.39 is 35.5 Å². The predicted octanol–water partition coefficient (Wildman–Crippen LogP) is 1.56. The molecule has 3 heterocycles. The number of imide groups is 2. The van der Waals surface area contributed by atoms with E-state index in [0.717, 1.165) is 37.1 Å². The number of carbonyl (C=O) groups excluding carboxylic acids is 4. The first-order valence-corrected chi connectivity index (χ1v) is 10.9. The Kier molecular flexibility index (Phi) is 4.80. The van der Waals surface area contributed by atoms with Crippen LogP contribution in [0.25, 0.3) is 0 Å². The van der Waals surface area contributed by atoms with Gasteiger partial charge in [0.25, 0.3) is 11.8 Å². The molecule has 3 N–H and O–H groups in total. The van der Waals surface area contributed by atoms with E-state index in [1.165, 1.54) is 18.6 Å². The molecule has 9 heteroatoms. The normalized spacial score (nSPS) is 27.2. The molecule has 1 aromatic carbocycles. The van der Waals surface area contributed by atoms with Gasteiger partial charge in [0.1, 0.15) is 11.9 Å². The number of rotatable bonds is 4. The van der Waals surface area contributed by atoms with Crippen LogP contribution in [0.1, 0.15) is 65.7 Å². The third kappa shape index (κ3) is 3.31. The van der Waals surface area contributed by atoms with Crippen LogP contribution in [0.2, 0.25) is 0 Å². The topological polar surface area (TPSA) is 108 Å². The van der Waals surface area contributed by atoms with Gasteiger partial charge in [-0.25, -0.2) is 4.39 Å². The van der Waals surface area contributed by atoms with Gasteiger partial charge >= 0.3 is 0 Å². The van der Waals surface area contributed by atoms with Gasteiger partial charge in [-0.05, 0) is 63.1 Å². The first kappa shape index (κ1) is 20.1. The maximum absolute atomic E-state index is 14.7. The number of piperidine rings is 2. The molecule has 1 saturated carbocycles. The van der Waals surface area contributed by atoms with Gasteiger partial charge < -0.3 is 10.6 Å². The molecule has 4 amide bonds. The Bertz CT molecular complexity index is 990. The van der Waals surface area contributed by atoms with Crippen LogP contribution >= 0.6 is 0 Å². The summed E-state index contributed by atoms with van der Waals surface area (Å²) in [5, 5.41) is 8.88. The van der Waals surface area contributed by atoms with E-state index in [-0.39, 0.29) is 35.2 Å². The number of anilines is 1. The van der Waals surface area contributed by atoms with Crippen molar-refractivity contribution in [1.29, 1.82) is 0 Å². The largest absolute Gasteiger partial charge is 0.382 e. The fourth-order valence-electron chi connectivity index (χ4n) is 5.38. The zero-order chi connectivity index (χ0) is 21.8. The van der Waals surface area contributed by atoms with Crippen LogP contribution in [-0.2, 0) is 9.59 Å². The lowest BCUT2D eigenvalue weighted by atomic mass is 9.68. The molecule has 1 aromatic rings. The highest BCUT2D eigenvalue weighted by atomic mass is 19.1. The van der Waals surface area contributed by atoms with Crippen molar-refractivity contribution in [3.8, 4) is 0 Å². The molecule has 0 bridgehead atoms. The van der Waals surface area contributed by atoms with Gasteiger partial charge in [0, 0.05) is 18.5 Å². The number of amides is 4. The van der Waals surface area contributed by atoms with Gasteiger partial charge in [0.05, 0.1) is 16.8 Å². The summed E-state index contributed by atoms with van der Waals surface area (Å²) in [6.45, 7) is 1.43. The Labute approximate surface area is 178 Å². The van der Waals surface area contributed by atoms with Gasteiger partial charge in [-0.3, -0.25) is 29.4 Å². The molecule has 2 atom stereocenters. The molecule has 4 aliphatic rings. The van der Waals surface area contributed by atoms with E-state index in [2.05, 4.69) is 16.0 Å². The molecule has 1 aliphatic carbocycles. The minimum absolute atomic E-state index is 0.0202. The number of halogens is 1. The number of hydrogen-bond acceptors (Lipinski definition) is 6. The van der Waals surface area contributed by atoms with Gasteiger partial charge in [-0.1, -0.05) is 0 Å². The molecule has 31 heavy (non-hydrogen) atoms. The second-order valence-corrected chi connectivity index (χ2v) is 9.09. The standard InChI is InChI=1S/C22H25FN4O4/c23-14-3-2-13-17(18(14)24-11-12-6-9-25-22(10-12)7-1-8-22)21(31)27(20(13)30)15-4-5-16(28)26-19(15)29/h2-3,12,15,24-25H,1,4-11H2,(H,26,28,29). The van der Waals surface area contributed by atoms with E-state index in [4.69, 9.17) is 0 Å². The van der Waals surface area contributed by atoms with E-state index in [0.29, 0.717) is 12.5 Å². The number of nitrogens with one attached hydrogen (secondary N) is 3. The molecule has 5 rings (SSSR count). The molecule has 3 aliphatic heterocycles. The monoisotopic (exact) mass is 428 g/mol. The van der Waals surface area contributed by atoms with Gasteiger partial charge in [-0.15, -0.1) is 0 Å². The van der Waals surface area contributed by atoms with Crippen molar-refractivity contribution >= 4 is 29.3 Å². The van der Waals surface area contributed by atoms with Crippen LogP contribution in [0.5, 0.6) is 0 Å². The summed E-state index contributed by atoms with van der Waals surface area (Å²) in [6.07, 6.45) is 5.62. The third-order valence-corrected chi connectivity index (χ3v) is 7.17. The van der Waals surface area contributed by atoms with Crippen molar-refractivity contribution < 1.29 is 23.6 Å². The number of hydrogen-bond donors (Lipinski definition) is 3. The molecule has 164 valence electrons. The number of benzene rings is 1. The van der Waals surface area contributed by atoms with E-state index >= 15 is 0 Å². The van der Waals surface area contributed by atoms with E-state index in [1.807, 2.05) is 0 Å². The van der Waals surface area contributed by atoms with Gasteiger partial charge in [0.15, 0.2) is 0 Å². The fraction of sp³-hybridized carbons (Fsp3) is 0.545. The number of fused-ring (bicyclic) bond motifs is 1. The number of carbonyl (C=O) groups is 4. The SMILES string of the molecule is O=C1CCC(N2C(=O)c3ccc(F)c(NCC4CCNC5(CCC5)C4)c3C2=O)C(=O)N1. The predicted molar refractivity (Wildman–Crippen MR) is 109 cm³/mol. The van der Waals surface area contributed by atoms with Crippen molar-refractivity contribution in [2.24, 2.45) is 5.92 Å².